The van der Waals surface area contributed by atoms with E-state index in [1.807, 2.05) is 71.1 Å². The van der Waals surface area contributed by atoms with Crippen molar-refractivity contribution < 1.29 is 48.3 Å². The fourth-order valence-corrected chi connectivity index (χ4v) is 14.1. The summed E-state index contributed by atoms with van der Waals surface area (Å²) in [4.78, 5) is 84.3. The number of aliphatic imine (C=N–C) groups is 6. The number of ether oxygens (including phenoxy) is 4. The Hall–Kier alpha value is -9.06. The lowest BCUT2D eigenvalue weighted by Crippen LogP contribution is -2.25. The summed E-state index contributed by atoms with van der Waals surface area (Å²) in [6.45, 7) is 21.6. The highest BCUT2D eigenvalue weighted by Crippen LogP contribution is 2.51. The van der Waals surface area contributed by atoms with Crippen molar-refractivity contribution in [3.05, 3.63) is 183 Å². The van der Waals surface area contributed by atoms with E-state index in [0.29, 0.717) is 110 Å². The average molecular weight is 1170 g/mol. The molecule has 448 valence electrons. The Kier molecular flexibility index (Phi) is 15.0. The zero-order valence-electron chi connectivity index (χ0n) is 51.6. The molecule has 10 aliphatic heterocycles. The van der Waals surface area contributed by atoms with E-state index in [1.54, 1.807) is 0 Å². The van der Waals surface area contributed by atoms with Crippen molar-refractivity contribution in [2.45, 2.75) is 121 Å². The monoisotopic (exact) mass is 1170 g/mol. The number of nitrogens with one attached hydrogen (secondary N) is 2. The van der Waals surface area contributed by atoms with Crippen LogP contribution in [0.4, 0.5) is 0 Å². The Morgan fingerprint density at radius 3 is 1.53 bits per heavy atom. The van der Waals surface area contributed by atoms with Crippen LogP contribution in [0.15, 0.2) is 213 Å². The molecule has 16 bridgehead atoms. The van der Waals surface area contributed by atoms with Crippen molar-refractivity contribution in [2.75, 3.05) is 27.4 Å². The van der Waals surface area contributed by atoms with E-state index in [4.69, 9.17) is 48.9 Å². The molecule has 2 saturated heterocycles. The van der Waals surface area contributed by atoms with Gasteiger partial charge in [-0.1, -0.05) is 27.7 Å². The van der Waals surface area contributed by atoms with Crippen LogP contribution >= 0.6 is 0 Å². The summed E-state index contributed by atoms with van der Waals surface area (Å²) in [6.07, 6.45) is 14.4. The predicted molar refractivity (Wildman–Crippen MR) is 333 cm³/mol. The van der Waals surface area contributed by atoms with Gasteiger partial charge in [-0.05, 0) is 148 Å². The quantitative estimate of drug-likeness (QED) is 0.0994. The number of rotatable bonds is 13. The largest absolute Gasteiger partial charge is 0.511 e. The van der Waals surface area contributed by atoms with E-state index in [2.05, 4.69) is 45.3 Å². The molecule has 18 heteroatoms. The molecule has 0 aromatic rings. The summed E-state index contributed by atoms with van der Waals surface area (Å²) in [5.74, 6) is -3.85. The van der Waals surface area contributed by atoms with Crippen molar-refractivity contribution >= 4 is 58.1 Å². The Bertz CT molecular complexity index is 4090. The molecule has 4 N–H and O–H groups in total. The first kappa shape index (κ1) is 58.3. The molecule has 2 aliphatic carbocycles. The molecule has 12 rings (SSSR count). The zero-order valence-corrected chi connectivity index (χ0v) is 51.6. The molecule has 5 atom stereocenters. The smallest absolute Gasteiger partial charge is 0.321 e. The first-order valence-corrected chi connectivity index (χ1v) is 30.0. The Balaban J connectivity index is 0.889. The second-order valence-electron chi connectivity index (χ2n) is 23.9. The van der Waals surface area contributed by atoms with Crippen molar-refractivity contribution in [3.8, 4) is 0 Å². The minimum atomic E-state index is -1.16. The van der Waals surface area contributed by atoms with Gasteiger partial charge in [0.2, 0.25) is 0 Å². The molecule has 87 heavy (non-hydrogen) atoms. The molecule has 0 saturated carbocycles. The van der Waals surface area contributed by atoms with Crippen LogP contribution in [0.25, 0.3) is 0 Å². The van der Waals surface area contributed by atoms with Gasteiger partial charge in [0.1, 0.15) is 30.6 Å². The molecule has 18 nitrogen and oxygen atoms in total. The van der Waals surface area contributed by atoms with Crippen LogP contribution in [0.2, 0.25) is 0 Å². The molecule has 0 aromatic carbocycles. The highest BCUT2D eigenvalue weighted by Gasteiger charge is 2.50. The second kappa shape index (κ2) is 22.3. The van der Waals surface area contributed by atoms with Crippen LogP contribution in [-0.4, -0.2) is 95.8 Å². The number of aliphatic hydroxyl groups excluding tert-OH is 2. The first-order valence-electron chi connectivity index (χ1n) is 30.0. The van der Waals surface area contributed by atoms with E-state index in [9.17, 15) is 29.4 Å². The van der Waals surface area contributed by atoms with Gasteiger partial charge in [-0.15, -0.1) is 0 Å². The van der Waals surface area contributed by atoms with Gasteiger partial charge in [0, 0.05) is 106 Å². The SMILES string of the molecule is CCC1=C(C)C2=NC1=CC1=C(C)C3=C(O)CC(=C4NC(=CC5=NC(=C2)C(COC(C)=O)=C5C)[C@@H](C)[C@@H]4CCC(=O)OCC2=C(C)C4=NC2=CC2=NC(=CC5=C(C)C6=C(O)C(C(=O)OC)C(=C7NC(=C4)[C@@H](C)[C@@H]7CCC(=O)OC)C6=N5)C(CC)=C2C)C3=N1. The van der Waals surface area contributed by atoms with Gasteiger partial charge in [-0.25, -0.2) is 30.0 Å². The van der Waals surface area contributed by atoms with E-state index >= 15 is 0 Å². The lowest BCUT2D eigenvalue weighted by atomic mass is 9.84. The molecule has 12 aliphatic rings. The number of hydrogen-bond donors (Lipinski definition) is 4. The number of aliphatic hydroxyl groups is 2. The standard InChI is InChI=1S/C69H72N8O10/c1-14-38-29(3)47-23-55-43(27-86-37(11)78)33(7)45(72-55)21-49-31(5)40(64(74-49)42-20-57(79)60-35(9)51(76-66(42)60)25-53(38)70-47)17-19-59(81)87-28-44-34(8)46-22-50-32(6)41(16-18-58(80)84-12)65(75-50)62-63(69(83)85-13)68(82)61-36(10)52(77-67(61)62)26-54-39(15-2)30(4)48(71-54)24-56(44)73-46/h21-26,31-32,40-41,63,74-75,79,82H,14-20,27-28H2,1-13H3/t31-,32-,40-,41-,63?/m0/s1. The van der Waals surface area contributed by atoms with Crippen molar-refractivity contribution in [1.29, 1.82) is 0 Å². The zero-order chi connectivity index (χ0) is 61.8. The van der Waals surface area contributed by atoms with Crippen LogP contribution in [0.3, 0.4) is 0 Å². The molecule has 0 aromatic heterocycles. The summed E-state index contributed by atoms with van der Waals surface area (Å²) < 4.78 is 22.3. The summed E-state index contributed by atoms with van der Waals surface area (Å²) >= 11 is 0. The maximum atomic E-state index is 14.5. The molecule has 0 amide bonds. The number of carbonyl (C=O) groups is 4. The lowest BCUT2D eigenvalue weighted by molar-refractivity contribution is -0.144. The minimum absolute atomic E-state index is 0.0428. The molecule has 0 spiro atoms. The summed E-state index contributed by atoms with van der Waals surface area (Å²) in [5, 5.41) is 31.2. The maximum Gasteiger partial charge on any atom is 0.321 e. The normalized spacial score (nSPS) is 25.2. The number of nitrogens with zero attached hydrogens (tertiary/aromatic N) is 6. The molecule has 0 radical (unpaired) electrons. The third kappa shape index (κ3) is 9.71. The highest BCUT2D eigenvalue weighted by molar-refractivity contribution is 6.25. The van der Waals surface area contributed by atoms with Crippen LogP contribution in [0, 0.1) is 29.6 Å². The van der Waals surface area contributed by atoms with E-state index in [-0.39, 0.29) is 73.6 Å². The van der Waals surface area contributed by atoms with Gasteiger partial charge in [-0.3, -0.25) is 19.2 Å². The maximum absolute atomic E-state index is 14.5. The van der Waals surface area contributed by atoms with E-state index < -0.39 is 23.8 Å². The van der Waals surface area contributed by atoms with Gasteiger partial charge in [0.25, 0.3) is 0 Å². The number of methoxy groups -OCH3 is 2. The van der Waals surface area contributed by atoms with E-state index in [1.165, 1.54) is 21.1 Å². The minimum Gasteiger partial charge on any atom is -0.511 e. The Morgan fingerprint density at radius 2 is 1.01 bits per heavy atom. The number of fused-ring (bicyclic) bond motifs is 10. The fraction of sp³-hybridized carbons (Fsp3) is 0.391. The van der Waals surface area contributed by atoms with E-state index in [0.717, 1.165) is 85.1 Å². The highest BCUT2D eigenvalue weighted by atomic mass is 16.5. The fourth-order valence-electron chi connectivity index (χ4n) is 14.1. The average Bonchev–Trinajstić information content (AvgIpc) is 1.63. The molecular formula is C69H72N8O10. The van der Waals surface area contributed by atoms with Gasteiger partial charge in [-0.2, -0.15) is 0 Å². The first-order chi connectivity index (χ1) is 41.6. The van der Waals surface area contributed by atoms with Gasteiger partial charge >= 0.3 is 23.9 Å². The van der Waals surface area contributed by atoms with Crippen LogP contribution in [0.5, 0.6) is 0 Å². The predicted octanol–water partition coefficient (Wildman–Crippen LogP) is 11.6. The Morgan fingerprint density at radius 1 is 0.552 bits per heavy atom. The molecule has 1 unspecified atom stereocenters. The summed E-state index contributed by atoms with van der Waals surface area (Å²) in [5.41, 5.74) is 22.5. The number of carbonyl (C=O) groups excluding carboxylic acids is 4. The van der Waals surface area contributed by atoms with Crippen LogP contribution in [-0.2, 0) is 38.1 Å². The topological polar surface area (TPSA) is 244 Å². The molecule has 2 fully saturated rings. The third-order valence-corrected chi connectivity index (χ3v) is 19.3. The number of allylic oxidation sites excluding steroid dienone is 21. The summed E-state index contributed by atoms with van der Waals surface area (Å²) in [7, 11) is 2.65. The van der Waals surface area contributed by atoms with Gasteiger partial charge in [0.05, 0.1) is 82.7 Å². The van der Waals surface area contributed by atoms with Gasteiger partial charge < -0.3 is 39.8 Å². The lowest BCUT2D eigenvalue weighted by Gasteiger charge is -2.20. The summed E-state index contributed by atoms with van der Waals surface area (Å²) in [6, 6.07) is 0. The molecular weight excluding hydrogens is 1100 g/mol. The van der Waals surface area contributed by atoms with Crippen LogP contribution < -0.4 is 10.6 Å². The third-order valence-electron chi connectivity index (χ3n) is 19.3. The Labute approximate surface area is 506 Å². The van der Waals surface area contributed by atoms with Crippen molar-refractivity contribution in [3.63, 3.8) is 0 Å². The van der Waals surface area contributed by atoms with Gasteiger partial charge in [0.15, 0.2) is 0 Å². The second-order valence-corrected chi connectivity index (χ2v) is 23.9. The van der Waals surface area contributed by atoms with Crippen molar-refractivity contribution in [1.82, 2.24) is 10.6 Å². The number of hydrogen-bond acceptors (Lipinski definition) is 18. The number of esters is 4. The molecule has 10 heterocycles. The van der Waals surface area contributed by atoms with Crippen LogP contribution in [0.1, 0.15) is 121 Å². The van der Waals surface area contributed by atoms with Crippen molar-refractivity contribution in [2.24, 2.45) is 59.5 Å².